The van der Waals surface area contributed by atoms with Crippen molar-refractivity contribution in [2.24, 2.45) is 0 Å². The molecule has 1 N–H and O–H groups in total. The van der Waals surface area contributed by atoms with Gasteiger partial charge in [-0.05, 0) is 6.07 Å². The average molecular weight is 298 g/mol. The summed E-state index contributed by atoms with van der Waals surface area (Å²) in [6.07, 6.45) is 0. The Bertz CT molecular complexity index is 507. The molecular formula is C13H18N2O6. The predicted octanol–water partition coefficient (Wildman–Crippen LogP) is 0.965. The lowest BCUT2D eigenvalue weighted by Gasteiger charge is -2.42. The van der Waals surface area contributed by atoms with Crippen LogP contribution in [-0.2, 0) is 16.1 Å². The molecule has 1 unspecified atom stereocenters. The summed E-state index contributed by atoms with van der Waals surface area (Å²) >= 11 is 0. The van der Waals surface area contributed by atoms with Gasteiger partial charge in [0.1, 0.15) is 26.2 Å². The normalized spacial score (nSPS) is 13.5. The van der Waals surface area contributed by atoms with E-state index in [0.717, 1.165) is 0 Å². The van der Waals surface area contributed by atoms with Crippen molar-refractivity contribution in [1.29, 1.82) is 0 Å². The first-order valence-electron chi connectivity index (χ1n) is 6.41. The Labute approximate surface area is 121 Å². The molecule has 0 aromatic heterocycles. The van der Waals surface area contributed by atoms with Gasteiger partial charge < -0.3 is 19.7 Å². The van der Waals surface area contributed by atoms with E-state index in [4.69, 9.17) is 9.84 Å². The maximum Gasteiger partial charge on any atom is 0.302 e. The summed E-state index contributed by atoms with van der Waals surface area (Å²) in [5.74, 6) is -0.503. The zero-order valence-electron chi connectivity index (χ0n) is 11.7. The lowest BCUT2D eigenvalue weighted by atomic mass is 10.1. The van der Waals surface area contributed by atoms with Gasteiger partial charge in [0.15, 0.2) is 0 Å². The number of benzene rings is 1. The third-order valence-electron chi connectivity index (χ3n) is 2.96. The van der Waals surface area contributed by atoms with E-state index in [1.165, 1.54) is 25.1 Å². The number of rotatable bonds is 8. The minimum atomic E-state index is -0.894. The van der Waals surface area contributed by atoms with Crippen LogP contribution < -0.4 is 0 Å². The van der Waals surface area contributed by atoms with Crippen molar-refractivity contribution >= 4 is 11.7 Å². The first-order chi connectivity index (χ1) is 9.88. The largest absolute Gasteiger partial charge is 0.632 e. The molecule has 21 heavy (non-hydrogen) atoms. The molecule has 0 saturated carbocycles. The number of aliphatic hydroxyl groups excluding tert-OH is 1. The van der Waals surface area contributed by atoms with E-state index in [1.807, 2.05) is 0 Å². The number of hydroxylamine groups is 3. The number of aliphatic hydroxyl groups is 1. The number of quaternary nitrogens is 1. The summed E-state index contributed by atoms with van der Waals surface area (Å²) in [6, 6.07) is 5.96. The van der Waals surface area contributed by atoms with Gasteiger partial charge in [-0.2, -0.15) is 0 Å². The summed E-state index contributed by atoms with van der Waals surface area (Å²) in [7, 11) is 0. The Balaban J connectivity index is 2.86. The van der Waals surface area contributed by atoms with Crippen molar-refractivity contribution in [1.82, 2.24) is 0 Å². The summed E-state index contributed by atoms with van der Waals surface area (Å²) in [5, 5.41) is 32.5. The van der Waals surface area contributed by atoms with Gasteiger partial charge in [-0.3, -0.25) is 14.9 Å². The number of hydrogen-bond acceptors (Lipinski definition) is 6. The molecule has 0 aliphatic carbocycles. The highest BCUT2D eigenvalue weighted by Gasteiger charge is 2.23. The zero-order valence-corrected chi connectivity index (χ0v) is 11.7. The molecule has 116 valence electrons. The highest BCUT2D eigenvalue weighted by molar-refractivity contribution is 5.65. The van der Waals surface area contributed by atoms with Crippen LogP contribution in [0.1, 0.15) is 12.5 Å². The van der Waals surface area contributed by atoms with Gasteiger partial charge in [-0.15, -0.1) is 0 Å². The van der Waals surface area contributed by atoms with Crippen LogP contribution in [0.4, 0.5) is 5.69 Å². The van der Waals surface area contributed by atoms with E-state index in [-0.39, 0.29) is 44.1 Å². The molecule has 0 radical (unpaired) electrons. The second kappa shape index (κ2) is 7.67. The molecular weight excluding hydrogens is 280 g/mol. The SMILES string of the molecule is CC(=O)OCC[N+]([O-])(CCO)Cc1ccccc1[N+](=O)[O-]. The number of hydrogen-bond donors (Lipinski definition) is 1. The van der Waals surface area contributed by atoms with E-state index in [1.54, 1.807) is 6.07 Å². The molecule has 0 saturated heterocycles. The Morgan fingerprint density at radius 3 is 2.62 bits per heavy atom. The number of nitro benzene ring substituents is 1. The van der Waals surface area contributed by atoms with Crippen molar-refractivity contribution in [2.45, 2.75) is 13.5 Å². The summed E-state index contributed by atoms with van der Waals surface area (Å²) in [6.45, 7) is 0.399. The molecule has 8 heteroatoms. The van der Waals surface area contributed by atoms with Gasteiger partial charge in [0, 0.05) is 13.0 Å². The van der Waals surface area contributed by atoms with Gasteiger partial charge in [0.05, 0.1) is 17.1 Å². The van der Waals surface area contributed by atoms with Crippen molar-refractivity contribution in [3.05, 3.63) is 45.2 Å². The van der Waals surface area contributed by atoms with Crippen LogP contribution in [0.2, 0.25) is 0 Å². The molecule has 1 atom stereocenters. The van der Waals surface area contributed by atoms with Crippen LogP contribution in [0.3, 0.4) is 0 Å². The van der Waals surface area contributed by atoms with Crippen molar-refractivity contribution in [3.63, 3.8) is 0 Å². The van der Waals surface area contributed by atoms with Crippen LogP contribution in [-0.4, -0.2) is 46.9 Å². The average Bonchev–Trinajstić information content (AvgIpc) is 2.38. The summed E-state index contributed by atoms with van der Waals surface area (Å²) < 4.78 is 3.84. The van der Waals surface area contributed by atoms with Crippen molar-refractivity contribution in [2.75, 3.05) is 26.3 Å². The number of ether oxygens (including phenoxy) is 1. The van der Waals surface area contributed by atoms with Gasteiger partial charge in [-0.1, -0.05) is 12.1 Å². The third kappa shape index (κ3) is 5.46. The van der Waals surface area contributed by atoms with E-state index in [2.05, 4.69) is 0 Å². The number of carbonyl (C=O) groups is 1. The molecule has 0 heterocycles. The topological polar surface area (TPSA) is 113 Å². The molecule has 0 aliphatic heterocycles. The Morgan fingerprint density at radius 1 is 1.38 bits per heavy atom. The number of carbonyl (C=O) groups excluding carboxylic acids is 1. The lowest BCUT2D eigenvalue weighted by molar-refractivity contribution is -0.894. The van der Waals surface area contributed by atoms with E-state index in [9.17, 15) is 20.1 Å². The van der Waals surface area contributed by atoms with Crippen LogP contribution in [0.5, 0.6) is 0 Å². The first-order valence-corrected chi connectivity index (χ1v) is 6.41. The monoisotopic (exact) mass is 298 g/mol. The number of nitrogens with zero attached hydrogens (tertiary/aromatic N) is 2. The van der Waals surface area contributed by atoms with Crippen LogP contribution in [0.15, 0.2) is 24.3 Å². The lowest BCUT2D eigenvalue weighted by Crippen LogP contribution is -2.46. The van der Waals surface area contributed by atoms with Crippen molar-refractivity contribution in [3.8, 4) is 0 Å². The van der Waals surface area contributed by atoms with Gasteiger partial charge in [-0.25, -0.2) is 0 Å². The maximum absolute atomic E-state index is 12.6. The molecule has 0 bridgehead atoms. The zero-order chi connectivity index (χ0) is 15.9. The fourth-order valence-electron chi connectivity index (χ4n) is 1.94. The number of para-hydroxylation sites is 1. The minimum absolute atomic E-state index is 0.0772. The molecule has 1 aromatic rings. The van der Waals surface area contributed by atoms with Crippen LogP contribution in [0, 0.1) is 15.3 Å². The van der Waals surface area contributed by atoms with Gasteiger partial charge in [0.25, 0.3) is 5.69 Å². The smallest absolute Gasteiger partial charge is 0.302 e. The predicted molar refractivity (Wildman–Crippen MR) is 73.9 cm³/mol. The first kappa shape index (κ1) is 17.0. The van der Waals surface area contributed by atoms with Crippen LogP contribution >= 0.6 is 0 Å². The fourth-order valence-corrected chi connectivity index (χ4v) is 1.94. The molecule has 1 rings (SSSR count). The molecule has 1 aromatic carbocycles. The molecule has 0 amide bonds. The maximum atomic E-state index is 12.6. The van der Waals surface area contributed by atoms with Gasteiger partial charge >= 0.3 is 5.97 Å². The standard InChI is InChI=1S/C13H18N2O6/c1-11(17)21-9-7-15(20,6-8-16)10-12-4-2-3-5-13(12)14(18)19/h2-5,16H,6-10H2,1H3. The van der Waals surface area contributed by atoms with E-state index < -0.39 is 15.5 Å². The second-order valence-corrected chi connectivity index (χ2v) is 4.61. The highest BCUT2D eigenvalue weighted by Crippen LogP contribution is 2.22. The third-order valence-corrected chi connectivity index (χ3v) is 2.96. The second-order valence-electron chi connectivity index (χ2n) is 4.61. The Morgan fingerprint density at radius 2 is 2.05 bits per heavy atom. The summed E-state index contributed by atoms with van der Waals surface area (Å²) in [4.78, 5) is 21.1. The number of esters is 1. The van der Waals surface area contributed by atoms with E-state index >= 15 is 0 Å². The minimum Gasteiger partial charge on any atom is -0.632 e. The highest BCUT2D eigenvalue weighted by atomic mass is 16.6. The summed E-state index contributed by atoms with van der Waals surface area (Å²) in [5.41, 5.74) is 0.148. The van der Waals surface area contributed by atoms with Crippen LogP contribution in [0.25, 0.3) is 0 Å². The molecule has 0 fully saturated rings. The quantitative estimate of drug-likeness (QED) is 0.331. The van der Waals surface area contributed by atoms with E-state index in [0.29, 0.717) is 0 Å². The number of nitro groups is 1. The Kier molecular flexibility index (Phi) is 6.22. The molecule has 8 nitrogen and oxygen atoms in total. The Hall–Kier alpha value is -2.03. The van der Waals surface area contributed by atoms with Crippen molar-refractivity contribution < 1.29 is 24.2 Å². The fraction of sp³-hybridized carbons (Fsp3) is 0.462. The molecule has 0 aliphatic rings. The molecule has 0 spiro atoms. The van der Waals surface area contributed by atoms with Gasteiger partial charge in [0.2, 0.25) is 0 Å².